The Balaban J connectivity index is 1.82. The van der Waals surface area contributed by atoms with Crippen molar-refractivity contribution in [1.29, 1.82) is 0 Å². The van der Waals surface area contributed by atoms with Gasteiger partial charge in [-0.1, -0.05) is 29.8 Å². The van der Waals surface area contributed by atoms with Gasteiger partial charge >= 0.3 is 0 Å². The summed E-state index contributed by atoms with van der Waals surface area (Å²) in [7, 11) is -3.37. The molecule has 1 aliphatic rings. The minimum Gasteiger partial charge on any atom is -0.377 e. The van der Waals surface area contributed by atoms with E-state index in [4.69, 9.17) is 16.3 Å². The number of nitrogens with zero attached hydrogens (tertiary/aromatic N) is 1. The predicted octanol–water partition coefficient (Wildman–Crippen LogP) is 1.79. The molecule has 1 heterocycles. The highest BCUT2D eigenvalue weighted by Crippen LogP contribution is 2.16. The summed E-state index contributed by atoms with van der Waals surface area (Å²) < 4.78 is 30.6. The van der Waals surface area contributed by atoms with E-state index in [1.165, 1.54) is 4.31 Å². The molecule has 0 saturated carbocycles. The summed E-state index contributed by atoms with van der Waals surface area (Å²) in [5, 5.41) is 3.36. The van der Waals surface area contributed by atoms with Crippen LogP contribution in [0.5, 0.6) is 0 Å². The second kappa shape index (κ2) is 8.80. The van der Waals surface area contributed by atoms with Crippen molar-refractivity contribution < 1.29 is 17.9 Å². The number of hydrogen-bond acceptors (Lipinski definition) is 4. The van der Waals surface area contributed by atoms with Crippen LogP contribution in [-0.2, 0) is 26.1 Å². The molecule has 0 aromatic heterocycles. The van der Waals surface area contributed by atoms with Crippen LogP contribution in [0.25, 0.3) is 0 Å². The number of carbonyl (C=O) groups excluding carboxylic acids is 1. The number of nitrogens with one attached hydrogen (secondary N) is 1. The molecular formula is C16H23ClN2O4S. The number of hydrogen-bond donors (Lipinski definition) is 1. The fraction of sp³-hybridized carbons (Fsp3) is 0.562. The first-order valence-electron chi connectivity index (χ1n) is 7.93. The van der Waals surface area contributed by atoms with Crippen LogP contribution in [0, 0.1) is 0 Å². The lowest BCUT2D eigenvalue weighted by Gasteiger charge is -2.22. The molecule has 1 aromatic carbocycles. The molecule has 2 rings (SSSR count). The number of ether oxygens (including phenoxy) is 1. The smallest absolute Gasteiger partial charge is 0.221 e. The number of carbonyl (C=O) groups is 1. The van der Waals surface area contributed by atoms with E-state index in [0.717, 1.165) is 24.7 Å². The molecule has 24 heavy (non-hydrogen) atoms. The molecule has 1 atom stereocenters. The highest BCUT2D eigenvalue weighted by atomic mass is 35.5. The Morgan fingerprint density at radius 3 is 2.79 bits per heavy atom. The van der Waals surface area contributed by atoms with Crippen LogP contribution in [0.2, 0.25) is 5.02 Å². The maximum Gasteiger partial charge on any atom is 0.221 e. The normalized spacial score (nSPS) is 18.0. The van der Waals surface area contributed by atoms with Gasteiger partial charge in [-0.15, -0.1) is 0 Å². The Bertz CT molecular complexity index is 660. The van der Waals surface area contributed by atoms with Crippen molar-refractivity contribution in [2.75, 3.05) is 26.0 Å². The van der Waals surface area contributed by atoms with E-state index in [0.29, 0.717) is 24.7 Å². The van der Waals surface area contributed by atoms with E-state index in [9.17, 15) is 13.2 Å². The maximum absolute atomic E-state index is 12.0. The number of halogens is 1. The third-order valence-electron chi connectivity index (χ3n) is 3.92. The van der Waals surface area contributed by atoms with E-state index in [1.54, 1.807) is 6.07 Å². The Morgan fingerprint density at radius 2 is 2.17 bits per heavy atom. The molecule has 0 aliphatic carbocycles. The van der Waals surface area contributed by atoms with Gasteiger partial charge in [0, 0.05) is 37.7 Å². The van der Waals surface area contributed by atoms with Crippen LogP contribution in [0.3, 0.4) is 0 Å². The Morgan fingerprint density at radius 1 is 1.42 bits per heavy atom. The highest BCUT2D eigenvalue weighted by molar-refractivity contribution is 7.88. The number of amides is 1. The maximum atomic E-state index is 12.0. The Kier molecular flexibility index (Phi) is 7.03. The van der Waals surface area contributed by atoms with E-state index < -0.39 is 10.0 Å². The summed E-state index contributed by atoms with van der Waals surface area (Å²) in [4.78, 5) is 12.0. The molecule has 0 radical (unpaired) electrons. The lowest BCUT2D eigenvalue weighted by Crippen LogP contribution is -2.39. The average molecular weight is 375 g/mol. The third kappa shape index (κ3) is 6.05. The van der Waals surface area contributed by atoms with Crippen molar-refractivity contribution in [3.63, 3.8) is 0 Å². The minimum absolute atomic E-state index is 0.0779. The molecule has 0 bridgehead atoms. The molecule has 8 heteroatoms. The second-order valence-electron chi connectivity index (χ2n) is 5.87. The quantitative estimate of drug-likeness (QED) is 0.752. The first-order chi connectivity index (χ1) is 11.4. The van der Waals surface area contributed by atoms with Gasteiger partial charge in [-0.2, -0.15) is 4.31 Å². The molecule has 1 unspecified atom stereocenters. The highest BCUT2D eigenvalue weighted by Gasteiger charge is 2.25. The van der Waals surface area contributed by atoms with Gasteiger partial charge in [0.1, 0.15) is 0 Å². The third-order valence-corrected chi connectivity index (χ3v) is 5.56. The minimum atomic E-state index is -3.37. The van der Waals surface area contributed by atoms with Crippen LogP contribution in [0.15, 0.2) is 24.3 Å². The monoisotopic (exact) mass is 374 g/mol. The zero-order valence-electron chi connectivity index (χ0n) is 13.7. The van der Waals surface area contributed by atoms with Gasteiger partial charge in [0.15, 0.2) is 0 Å². The van der Waals surface area contributed by atoms with Crippen LogP contribution < -0.4 is 5.32 Å². The molecule has 134 valence electrons. The molecule has 1 fully saturated rings. The van der Waals surface area contributed by atoms with Crippen molar-refractivity contribution >= 4 is 27.5 Å². The van der Waals surface area contributed by atoms with Gasteiger partial charge in [0.2, 0.25) is 15.9 Å². The molecular weight excluding hydrogens is 352 g/mol. The van der Waals surface area contributed by atoms with E-state index in [2.05, 4.69) is 5.32 Å². The summed E-state index contributed by atoms with van der Waals surface area (Å²) in [6, 6.07) is 7.27. The molecule has 1 aliphatic heterocycles. The van der Waals surface area contributed by atoms with Gasteiger partial charge in [-0.05, 0) is 24.5 Å². The van der Waals surface area contributed by atoms with Gasteiger partial charge in [0.05, 0.1) is 12.4 Å². The van der Waals surface area contributed by atoms with Gasteiger partial charge in [-0.3, -0.25) is 4.79 Å². The molecule has 1 aromatic rings. The molecule has 1 amide bonds. The van der Waals surface area contributed by atoms with Crippen molar-refractivity contribution in [1.82, 2.24) is 9.62 Å². The van der Waals surface area contributed by atoms with E-state index in [-0.39, 0.29) is 25.0 Å². The topological polar surface area (TPSA) is 75.7 Å². The van der Waals surface area contributed by atoms with Gasteiger partial charge in [-0.25, -0.2) is 8.42 Å². The van der Waals surface area contributed by atoms with Gasteiger partial charge in [0.25, 0.3) is 0 Å². The summed E-state index contributed by atoms with van der Waals surface area (Å²) in [6.45, 7) is 1.44. The fourth-order valence-electron chi connectivity index (χ4n) is 2.56. The van der Waals surface area contributed by atoms with Gasteiger partial charge < -0.3 is 10.1 Å². The standard InChI is InChI=1S/C16H23ClN2O4S/c1-24(21,22)19(12-14-6-4-10-23-14)9-8-16(20)18-11-13-5-2-3-7-15(13)17/h2-3,5,7,14H,4,6,8-12H2,1H3,(H,18,20). The van der Waals surface area contributed by atoms with Crippen LogP contribution >= 0.6 is 11.6 Å². The zero-order valence-corrected chi connectivity index (χ0v) is 15.3. The van der Waals surface area contributed by atoms with E-state index in [1.807, 2.05) is 18.2 Å². The molecule has 0 spiro atoms. The Labute approximate surface area is 148 Å². The fourth-order valence-corrected chi connectivity index (χ4v) is 3.62. The SMILES string of the molecule is CS(=O)(=O)N(CCC(=O)NCc1ccccc1Cl)CC1CCCO1. The van der Waals surface area contributed by atoms with Crippen LogP contribution in [-0.4, -0.2) is 50.7 Å². The van der Waals surface area contributed by atoms with Crippen LogP contribution in [0.1, 0.15) is 24.8 Å². The molecule has 1 saturated heterocycles. The predicted molar refractivity (Wildman–Crippen MR) is 93.3 cm³/mol. The van der Waals surface area contributed by atoms with Crippen molar-refractivity contribution in [2.24, 2.45) is 0 Å². The second-order valence-corrected chi connectivity index (χ2v) is 8.26. The summed E-state index contributed by atoms with van der Waals surface area (Å²) in [5.74, 6) is -0.212. The lowest BCUT2D eigenvalue weighted by molar-refractivity contribution is -0.121. The van der Waals surface area contributed by atoms with Crippen molar-refractivity contribution in [3.8, 4) is 0 Å². The van der Waals surface area contributed by atoms with Crippen molar-refractivity contribution in [2.45, 2.75) is 31.9 Å². The number of sulfonamides is 1. The molecule has 6 nitrogen and oxygen atoms in total. The first-order valence-corrected chi connectivity index (χ1v) is 10.2. The largest absolute Gasteiger partial charge is 0.377 e. The Hall–Kier alpha value is -1.15. The summed E-state index contributed by atoms with van der Waals surface area (Å²) in [5.41, 5.74) is 0.826. The number of rotatable bonds is 8. The lowest BCUT2D eigenvalue weighted by atomic mass is 10.2. The number of benzene rings is 1. The van der Waals surface area contributed by atoms with E-state index >= 15 is 0 Å². The van der Waals surface area contributed by atoms with Crippen molar-refractivity contribution in [3.05, 3.63) is 34.9 Å². The molecule has 1 N–H and O–H groups in total. The summed E-state index contributed by atoms with van der Waals surface area (Å²) >= 11 is 6.04. The average Bonchev–Trinajstić information content (AvgIpc) is 3.02. The zero-order chi connectivity index (χ0) is 17.6. The van der Waals surface area contributed by atoms with Crippen LogP contribution in [0.4, 0.5) is 0 Å². The first kappa shape index (κ1) is 19.2. The summed E-state index contributed by atoms with van der Waals surface area (Å²) in [6.07, 6.45) is 2.98.